The minimum atomic E-state index is -0.537. The summed E-state index contributed by atoms with van der Waals surface area (Å²) < 4.78 is 5.90. The predicted molar refractivity (Wildman–Crippen MR) is 181 cm³/mol. The Morgan fingerprint density at radius 2 is 1.80 bits per heavy atom. The van der Waals surface area contributed by atoms with Crippen molar-refractivity contribution in [2.75, 3.05) is 19.6 Å². The molecule has 6 nitrogen and oxygen atoms in total. The molecule has 0 aliphatic heterocycles. The van der Waals surface area contributed by atoms with Gasteiger partial charge in [-0.3, -0.25) is 4.79 Å². The SMILES string of the molecule is CC(C)CCC[C@@H](C)C1CC[C@H]2[C@@H]3CC=C4C[C@@H](N(CCCNC(=O)CCN)C(=O)OC(C)(C)C)CCC4(C)C3CCC12C. The third-order valence-electron chi connectivity index (χ3n) is 12.6. The molecule has 0 bridgehead atoms. The second kappa shape index (κ2) is 14.5. The van der Waals surface area contributed by atoms with Crippen molar-refractivity contribution in [3.63, 3.8) is 0 Å². The average Bonchev–Trinajstić information content (AvgIpc) is 3.29. The van der Waals surface area contributed by atoms with Gasteiger partial charge in [0.15, 0.2) is 0 Å². The van der Waals surface area contributed by atoms with Crippen molar-refractivity contribution in [3.05, 3.63) is 11.6 Å². The Morgan fingerprint density at radius 3 is 2.48 bits per heavy atom. The van der Waals surface area contributed by atoms with E-state index in [1.54, 1.807) is 5.57 Å². The minimum Gasteiger partial charge on any atom is -0.444 e. The van der Waals surface area contributed by atoms with Crippen LogP contribution in [0, 0.1) is 46.3 Å². The fourth-order valence-electron chi connectivity index (χ4n) is 10.4. The molecule has 252 valence electrons. The topological polar surface area (TPSA) is 84.7 Å². The number of hydrogen-bond donors (Lipinski definition) is 2. The third kappa shape index (κ3) is 7.86. The quantitative estimate of drug-likeness (QED) is 0.171. The van der Waals surface area contributed by atoms with Crippen LogP contribution < -0.4 is 11.1 Å². The largest absolute Gasteiger partial charge is 0.444 e. The summed E-state index contributed by atoms with van der Waals surface area (Å²) in [6.07, 6.45) is 17.6. The average molecular weight is 614 g/mol. The molecule has 6 heteroatoms. The zero-order valence-corrected chi connectivity index (χ0v) is 29.7. The van der Waals surface area contributed by atoms with Crippen molar-refractivity contribution in [1.29, 1.82) is 0 Å². The van der Waals surface area contributed by atoms with E-state index in [9.17, 15) is 9.59 Å². The number of carbonyl (C=O) groups is 2. The highest BCUT2D eigenvalue weighted by atomic mass is 16.6. The van der Waals surface area contributed by atoms with Crippen molar-refractivity contribution in [2.24, 2.45) is 52.1 Å². The molecule has 4 unspecified atom stereocenters. The van der Waals surface area contributed by atoms with E-state index >= 15 is 0 Å². The Labute approximate surface area is 270 Å². The van der Waals surface area contributed by atoms with Crippen LogP contribution >= 0.6 is 0 Å². The third-order valence-corrected chi connectivity index (χ3v) is 12.6. The molecule has 0 spiro atoms. The lowest BCUT2D eigenvalue weighted by Gasteiger charge is -2.59. The Kier molecular flexibility index (Phi) is 11.6. The molecule has 44 heavy (non-hydrogen) atoms. The Hall–Kier alpha value is -1.56. The molecule has 4 aliphatic rings. The van der Waals surface area contributed by atoms with Gasteiger partial charge in [-0.1, -0.05) is 65.5 Å². The fourth-order valence-corrected chi connectivity index (χ4v) is 10.4. The maximum Gasteiger partial charge on any atom is 0.410 e. The van der Waals surface area contributed by atoms with Crippen LogP contribution in [0.25, 0.3) is 0 Å². The van der Waals surface area contributed by atoms with Crippen LogP contribution in [0.2, 0.25) is 0 Å². The molecular formula is C38H67N3O3. The van der Waals surface area contributed by atoms with Crippen molar-refractivity contribution >= 4 is 12.0 Å². The van der Waals surface area contributed by atoms with Gasteiger partial charge in [0.25, 0.3) is 0 Å². The number of carbonyl (C=O) groups excluding carboxylic acids is 2. The highest BCUT2D eigenvalue weighted by Gasteiger charge is 2.59. The lowest BCUT2D eigenvalue weighted by molar-refractivity contribution is -0.120. The van der Waals surface area contributed by atoms with Gasteiger partial charge >= 0.3 is 6.09 Å². The van der Waals surface area contributed by atoms with Crippen LogP contribution in [0.15, 0.2) is 11.6 Å². The first kappa shape index (κ1) is 35.3. The highest BCUT2D eigenvalue weighted by molar-refractivity contribution is 5.76. The molecule has 4 rings (SSSR count). The fraction of sp³-hybridized carbons (Fsp3) is 0.895. The summed E-state index contributed by atoms with van der Waals surface area (Å²) >= 11 is 0. The van der Waals surface area contributed by atoms with Gasteiger partial charge in [-0.05, 0) is 125 Å². The number of rotatable bonds is 12. The molecule has 3 saturated carbocycles. The first-order valence-electron chi connectivity index (χ1n) is 18.4. The molecule has 3 fully saturated rings. The normalized spacial score (nSPS) is 34.0. The van der Waals surface area contributed by atoms with E-state index in [2.05, 4.69) is 46.0 Å². The van der Waals surface area contributed by atoms with E-state index in [0.717, 1.165) is 54.8 Å². The van der Waals surface area contributed by atoms with Gasteiger partial charge in [-0.2, -0.15) is 0 Å². The van der Waals surface area contributed by atoms with Crippen LogP contribution in [0.3, 0.4) is 0 Å². The van der Waals surface area contributed by atoms with Crippen LogP contribution in [-0.4, -0.2) is 48.2 Å². The van der Waals surface area contributed by atoms with Gasteiger partial charge in [0.05, 0.1) is 0 Å². The van der Waals surface area contributed by atoms with Gasteiger partial charge in [0.1, 0.15) is 5.60 Å². The van der Waals surface area contributed by atoms with Gasteiger partial charge in [0.2, 0.25) is 5.91 Å². The van der Waals surface area contributed by atoms with E-state index in [1.807, 2.05) is 25.7 Å². The van der Waals surface area contributed by atoms with Crippen molar-refractivity contribution in [3.8, 4) is 0 Å². The number of allylic oxidation sites excluding steroid dienone is 1. The number of nitrogens with one attached hydrogen (secondary N) is 1. The molecule has 8 atom stereocenters. The maximum absolute atomic E-state index is 13.5. The first-order valence-corrected chi connectivity index (χ1v) is 18.4. The van der Waals surface area contributed by atoms with Gasteiger partial charge < -0.3 is 20.7 Å². The summed E-state index contributed by atoms with van der Waals surface area (Å²) in [4.78, 5) is 27.4. The first-order chi connectivity index (χ1) is 20.7. The van der Waals surface area contributed by atoms with E-state index in [1.165, 1.54) is 51.4 Å². The molecular weight excluding hydrogens is 546 g/mol. The lowest BCUT2D eigenvalue weighted by atomic mass is 9.46. The van der Waals surface area contributed by atoms with Gasteiger partial charge in [-0.15, -0.1) is 0 Å². The minimum absolute atomic E-state index is 0.0237. The summed E-state index contributed by atoms with van der Waals surface area (Å²) in [5.41, 5.74) is 7.33. The molecule has 0 heterocycles. The number of amides is 2. The van der Waals surface area contributed by atoms with E-state index in [0.29, 0.717) is 37.9 Å². The molecule has 0 radical (unpaired) electrons. The Morgan fingerprint density at radius 1 is 1.05 bits per heavy atom. The van der Waals surface area contributed by atoms with Crippen molar-refractivity contribution in [2.45, 2.75) is 151 Å². The van der Waals surface area contributed by atoms with Crippen LogP contribution in [0.5, 0.6) is 0 Å². The molecule has 0 aromatic rings. The monoisotopic (exact) mass is 614 g/mol. The summed E-state index contributed by atoms with van der Waals surface area (Å²) in [7, 11) is 0. The maximum atomic E-state index is 13.5. The van der Waals surface area contributed by atoms with Crippen LogP contribution in [-0.2, 0) is 9.53 Å². The number of nitrogens with two attached hydrogens (primary N) is 1. The van der Waals surface area contributed by atoms with E-state index in [-0.39, 0.29) is 23.5 Å². The van der Waals surface area contributed by atoms with E-state index in [4.69, 9.17) is 10.5 Å². The molecule has 2 amide bonds. The zero-order chi connectivity index (χ0) is 32.3. The number of ether oxygens (including phenoxy) is 1. The van der Waals surface area contributed by atoms with Gasteiger partial charge in [-0.25, -0.2) is 4.79 Å². The highest BCUT2D eigenvalue weighted by Crippen LogP contribution is 2.67. The lowest BCUT2D eigenvalue weighted by Crippen LogP contribution is -2.53. The summed E-state index contributed by atoms with van der Waals surface area (Å²) in [6, 6.07) is 0.150. The van der Waals surface area contributed by atoms with E-state index < -0.39 is 5.60 Å². The summed E-state index contributed by atoms with van der Waals surface area (Å²) in [5.74, 6) is 4.96. The second-order valence-electron chi connectivity index (χ2n) is 17.1. The molecule has 0 aromatic carbocycles. The molecule has 3 N–H and O–H groups in total. The Balaban J connectivity index is 1.44. The number of nitrogens with zero attached hydrogens (tertiary/aromatic N) is 1. The molecule has 0 aromatic heterocycles. The standard InChI is InChI=1S/C38H67N3O3/c1-26(2)11-9-12-27(3)31-15-16-32-30-14-13-28-25-29(17-20-37(28,7)33(30)18-21-38(31,32)8)41(35(43)44-36(4,5)6)24-10-23-40-34(42)19-22-39/h13,26-27,29-33H,9-12,14-25,39H2,1-8H3,(H,40,42)/t27-,29+,30+,31?,32+,33?,37?,38?/m1/s1. The summed E-state index contributed by atoms with van der Waals surface area (Å²) in [5, 5.41) is 2.95. The van der Waals surface area contributed by atoms with Crippen molar-refractivity contribution < 1.29 is 14.3 Å². The van der Waals surface area contributed by atoms with Crippen LogP contribution in [0.1, 0.15) is 139 Å². The number of hydrogen-bond acceptors (Lipinski definition) is 4. The van der Waals surface area contributed by atoms with Crippen LogP contribution in [0.4, 0.5) is 4.79 Å². The smallest absolute Gasteiger partial charge is 0.410 e. The predicted octanol–water partition coefficient (Wildman–Crippen LogP) is 8.49. The zero-order valence-electron chi connectivity index (χ0n) is 29.7. The summed E-state index contributed by atoms with van der Waals surface area (Å²) in [6.45, 7) is 19.8. The van der Waals surface area contributed by atoms with Crippen molar-refractivity contribution in [1.82, 2.24) is 10.2 Å². The van der Waals surface area contributed by atoms with Gasteiger partial charge in [0, 0.05) is 32.1 Å². The molecule has 4 aliphatic carbocycles. The second-order valence-corrected chi connectivity index (χ2v) is 17.1. The number of fused-ring (bicyclic) bond motifs is 5. The molecule has 0 saturated heterocycles. The Bertz CT molecular complexity index is 1020.